The first kappa shape index (κ1) is 50.7. The number of hydrogen-bond acceptors (Lipinski definition) is 3. The smallest absolute Gasteiger partial charge is 0.148 e. The molecule has 1 fully saturated rings. The van der Waals surface area contributed by atoms with Crippen molar-refractivity contribution in [3.8, 4) is 78.6 Å². The topological polar surface area (TPSA) is 50.9 Å². The van der Waals surface area contributed by atoms with Crippen LogP contribution in [0.2, 0.25) is 0 Å². The van der Waals surface area contributed by atoms with Crippen molar-refractivity contribution in [2.45, 2.75) is 116 Å². The van der Waals surface area contributed by atoms with E-state index in [4.69, 9.17) is 9.97 Å². The van der Waals surface area contributed by atoms with E-state index in [1.165, 1.54) is 5.56 Å². The first-order chi connectivity index (χ1) is 37.2. The van der Waals surface area contributed by atoms with Gasteiger partial charge in [0.25, 0.3) is 0 Å². The molecule has 1 aliphatic rings. The second kappa shape index (κ2) is 21.4. The summed E-state index contributed by atoms with van der Waals surface area (Å²) in [5.74, 6) is -0.569. The molecule has 0 unspecified atom stereocenters. The van der Waals surface area contributed by atoms with Crippen LogP contribution < -0.4 is 0 Å². The van der Waals surface area contributed by atoms with Crippen LogP contribution in [0, 0.1) is 6.07 Å². The summed E-state index contributed by atoms with van der Waals surface area (Å²) in [6.07, 6.45) is 4.48. The Labute approximate surface area is 474 Å². The molecule has 2 heterocycles. The summed E-state index contributed by atoms with van der Waals surface area (Å²) in [6, 6.07) is 69.4. The van der Waals surface area contributed by atoms with Gasteiger partial charge in [-0.15, -0.1) is 29.3 Å². The van der Waals surface area contributed by atoms with Crippen molar-refractivity contribution >= 4 is 11.0 Å². The van der Waals surface area contributed by atoms with Gasteiger partial charge in [-0.05, 0) is 135 Å². The molecular weight excluding hydrogens is 1120 g/mol. The van der Waals surface area contributed by atoms with Gasteiger partial charge >= 0.3 is 0 Å². The Kier molecular flexibility index (Phi) is 14.1. The first-order valence-corrected chi connectivity index (χ1v) is 27.0. The van der Waals surface area contributed by atoms with E-state index in [-0.39, 0.29) is 43.1 Å². The minimum Gasteiger partial charge on any atom is -0.507 e. The van der Waals surface area contributed by atoms with Gasteiger partial charge in [0.15, 0.2) is 0 Å². The molecule has 0 saturated heterocycles. The Morgan fingerprint density at radius 1 is 0.481 bits per heavy atom. The fraction of sp³-hybridized carbons (Fsp3) is 0.250. The Bertz CT molecular complexity index is 3820. The Morgan fingerprint density at radius 3 is 1.62 bits per heavy atom. The van der Waals surface area contributed by atoms with Crippen LogP contribution in [0.3, 0.4) is 0 Å². The van der Waals surface area contributed by atoms with E-state index in [2.05, 4.69) is 225 Å². The Morgan fingerprint density at radius 2 is 1.01 bits per heavy atom. The van der Waals surface area contributed by atoms with Gasteiger partial charge in [0, 0.05) is 46.8 Å². The summed E-state index contributed by atoms with van der Waals surface area (Å²) < 4.78 is 21.1. The van der Waals surface area contributed by atoms with E-state index in [1.54, 1.807) is 0 Å². The molecule has 1 aliphatic carbocycles. The minimum atomic E-state index is -0.734. The summed E-state index contributed by atoms with van der Waals surface area (Å²) in [5.41, 5.74) is 17.7. The van der Waals surface area contributed by atoms with Crippen LogP contribution in [-0.2, 0) is 37.3 Å². The van der Waals surface area contributed by atoms with Crippen LogP contribution >= 0.6 is 0 Å². The van der Waals surface area contributed by atoms with E-state index in [9.17, 15) is 7.85 Å². The predicted octanol–water partition coefficient (Wildman–Crippen LogP) is 19.3. The number of para-hydroxylation sites is 1. The number of aromatic nitrogens is 3. The number of phenolic OH excluding ortho intramolecular Hbond substituents is 1. The summed E-state index contributed by atoms with van der Waals surface area (Å²) in [4.78, 5) is 10.7. The monoisotopic (exact) mass is 1190 g/mol. The largest absolute Gasteiger partial charge is 0.507 e. The molecule has 2 aromatic heterocycles. The molecule has 11 rings (SSSR count). The molecule has 8 aromatic carbocycles. The van der Waals surface area contributed by atoms with Crippen molar-refractivity contribution in [2.24, 2.45) is 0 Å². The van der Waals surface area contributed by atoms with Crippen LogP contribution in [0.25, 0.3) is 83.9 Å². The fourth-order valence-corrected chi connectivity index (χ4v) is 10.9. The molecule has 4 nitrogen and oxygen atoms in total. The second-order valence-corrected chi connectivity index (χ2v) is 23.9. The number of imidazole rings is 1. The van der Waals surface area contributed by atoms with E-state index in [1.807, 2.05) is 42.6 Å². The van der Waals surface area contributed by atoms with Crippen LogP contribution in [0.1, 0.15) is 130 Å². The average Bonchev–Trinajstić information content (AvgIpc) is 4.11. The van der Waals surface area contributed by atoms with Gasteiger partial charge < -0.3 is 5.11 Å². The van der Waals surface area contributed by atoms with Crippen LogP contribution in [0.4, 0.5) is 0 Å². The van der Waals surface area contributed by atoms with Crippen molar-refractivity contribution in [1.29, 1.82) is 0 Å². The minimum absolute atomic E-state index is 0. The maximum atomic E-state index is 12.8. The Balaban J connectivity index is 0.00000704. The van der Waals surface area contributed by atoms with Gasteiger partial charge in [-0.2, -0.15) is 0 Å². The molecule has 10 aromatic rings. The zero-order valence-corrected chi connectivity index (χ0v) is 48.2. The summed E-state index contributed by atoms with van der Waals surface area (Å²) in [6.45, 7) is 20.1. The maximum Gasteiger partial charge on any atom is 0.148 e. The van der Waals surface area contributed by atoms with Crippen LogP contribution in [-0.4, -0.2) is 19.6 Å². The molecule has 0 bridgehead atoms. The zero-order chi connectivity index (χ0) is 54.8. The standard InChI is InChI=1S/C72H70N3O.Pt/c1-70(2,3)57-36-37-65(61(44-57)52-22-15-11-16-23-52)75-66-27-19-26-60(67(66)74-69(75)63-46-59(72(7,8)9)45-62(68(63)76)53-24-17-12-18-25-53)55-40-56(42-58(41-55)71(4,5)6)64-43-54(38-39-73-64)51-34-32-50(33-35-51)49-30-28-48(29-31-49)47-20-13-10-14-21-47;/h10-27,32-39,41-46,48-49,76H,28-31H2,1-9H3;/q-1;/i48D,49D;. The fourth-order valence-electron chi connectivity index (χ4n) is 10.9. The number of nitrogens with zero attached hydrogens (tertiary/aromatic N) is 3. The van der Waals surface area contributed by atoms with Gasteiger partial charge in [-0.3, -0.25) is 9.55 Å². The number of fused-ring (bicyclic) bond motifs is 1. The van der Waals surface area contributed by atoms with Gasteiger partial charge in [0.05, 0.1) is 22.3 Å². The number of pyridine rings is 1. The summed E-state index contributed by atoms with van der Waals surface area (Å²) >= 11 is 0. The molecule has 0 radical (unpaired) electrons. The molecular formula is C72H70N3OPt-. The molecule has 1 N–H and O–H groups in total. The second-order valence-electron chi connectivity index (χ2n) is 23.9. The normalized spacial score (nSPS) is 17.4. The van der Waals surface area contributed by atoms with Crippen molar-refractivity contribution in [3.63, 3.8) is 0 Å². The quantitative estimate of drug-likeness (QED) is 0.147. The molecule has 5 heteroatoms. The molecule has 0 spiro atoms. The molecule has 0 amide bonds. The van der Waals surface area contributed by atoms with Gasteiger partial charge in [-0.1, -0.05) is 213 Å². The molecule has 390 valence electrons. The first-order valence-electron chi connectivity index (χ1n) is 28.0. The van der Waals surface area contributed by atoms with E-state index in [0.717, 1.165) is 94.7 Å². The van der Waals surface area contributed by atoms with Crippen molar-refractivity contribution in [2.75, 3.05) is 0 Å². The van der Waals surface area contributed by atoms with Crippen molar-refractivity contribution in [1.82, 2.24) is 14.5 Å². The number of rotatable bonds is 9. The van der Waals surface area contributed by atoms with E-state index in [0.29, 0.717) is 37.1 Å². The summed E-state index contributed by atoms with van der Waals surface area (Å²) in [5, 5.41) is 12.8. The number of hydrogen-bond donors (Lipinski definition) is 1. The molecule has 1 saturated carbocycles. The van der Waals surface area contributed by atoms with Gasteiger partial charge in [0.2, 0.25) is 0 Å². The van der Waals surface area contributed by atoms with Crippen molar-refractivity contribution in [3.05, 3.63) is 228 Å². The van der Waals surface area contributed by atoms with Crippen LogP contribution in [0.15, 0.2) is 194 Å². The molecule has 77 heavy (non-hydrogen) atoms. The molecule has 0 aliphatic heterocycles. The number of phenols is 1. The van der Waals surface area contributed by atoms with E-state index >= 15 is 0 Å². The Hall–Kier alpha value is -7.13. The summed E-state index contributed by atoms with van der Waals surface area (Å²) in [7, 11) is 0. The third-order valence-electron chi connectivity index (χ3n) is 15.5. The number of aromatic hydroxyl groups is 1. The van der Waals surface area contributed by atoms with Gasteiger partial charge in [-0.25, -0.2) is 4.98 Å². The predicted molar refractivity (Wildman–Crippen MR) is 318 cm³/mol. The van der Waals surface area contributed by atoms with Crippen LogP contribution in [0.5, 0.6) is 5.75 Å². The maximum absolute atomic E-state index is 12.8. The third kappa shape index (κ3) is 10.9. The third-order valence-corrected chi connectivity index (χ3v) is 15.5. The average molecular weight is 1190 g/mol. The SMILES string of the molecule is [2H]C1(c2ccccc2)CCC([2H])(c2ccc(-c3ccnc(-c4[c-]c(-c5cccc6c5nc(-c5cc(C(C)(C)C)cc(-c7ccccc7)c5O)n6-c5ccc(C(C)(C)C)cc5-c5ccccc5)cc(C(C)(C)C)c4)c3)cc2)CC1.[Pt]. The van der Waals surface area contributed by atoms with E-state index < -0.39 is 11.8 Å². The zero-order valence-electron chi connectivity index (χ0n) is 47.9. The number of benzene rings is 8. The van der Waals surface area contributed by atoms with Gasteiger partial charge in [0.1, 0.15) is 11.6 Å². The molecule has 0 atom stereocenters. The van der Waals surface area contributed by atoms with Crippen molar-refractivity contribution < 1.29 is 28.9 Å².